The fourth-order valence-corrected chi connectivity index (χ4v) is 1.77. The summed E-state index contributed by atoms with van der Waals surface area (Å²) < 4.78 is 19.2. The largest absolute Gasteiger partial charge is 0.460 e. The van der Waals surface area contributed by atoms with Gasteiger partial charge in [0.05, 0.1) is 6.08 Å². The second-order valence-electron chi connectivity index (χ2n) is 7.33. The van der Waals surface area contributed by atoms with E-state index < -0.39 is 17.4 Å². The number of allylic oxidation sites excluding steroid dienone is 1. The van der Waals surface area contributed by atoms with E-state index in [2.05, 4.69) is 11.3 Å². The quantitative estimate of drug-likeness (QED) is 0.406. The van der Waals surface area contributed by atoms with Gasteiger partial charge in [0.2, 0.25) is 5.79 Å². The molecular formula is C19H28O8. The number of carbonyl (C=O) groups is 4. The number of hydrogen-bond acceptors (Lipinski definition) is 8. The third kappa shape index (κ3) is 13.3. The number of hydrogen-bond donors (Lipinski definition) is 0. The zero-order chi connectivity index (χ0) is 21.4. The Kier molecular flexibility index (Phi) is 8.93. The van der Waals surface area contributed by atoms with Crippen molar-refractivity contribution in [2.24, 2.45) is 0 Å². The van der Waals surface area contributed by atoms with Gasteiger partial charge in [-0.25, -0.2) is 4.79 Å². The predicted molar refractivity (Wildman–Crippen MR) is 96.0 cm³/mol. The molecule has 152 valence electrons. The van der Waals surface area contributed by atoms with Crippen molar-refractivity contribution in [3.05, 3.63) is 24.2 Å². The van der Waals surface area contributed by atoms with Crippen molar-refractivity contribution < 1.29 is 38.1 Å². The van der Waals surface area contributed by atoms with Gasteiger partial charge in [-0.15, -0.1) is 0 Å². The van der Waals surface area contributed by atoms with Gasteiger partial charge < -0.3 is 18.9 Å². The molecule has 8 heteroatoms. The first kappa shape index (κ1) is 24.4. The SMILES string of the molecule is C=C1CC(=O)O1.CC(=O)CC(=O)OC(C)(C)C.CC1=CC(=O)OC(C)(C)O1. The molecule has 0 spiro atoms. The minimum absolute atomic E-state index is 0.128. The van der Waals surface area contributed by atoms with Gasteiger partial charge in [0.25, 0.3) is 0 Å². The van der Waals surface area contributed by atoms with Gasteiger partial charge in [0, 0.05) is 13.8 Å². The summed E-state index contributed by atoms with van der Waals surface area (Å²) in [5.41, 5.74) is -0.494. The zero-order valence-corrected chi connectivity index (χ0v) is 17.0. The molecule has 2 heterocycles. The Bertz CT molecular complexity index is 613. The molecule has 27 heavy (non-hydrogen) atoms. The van der Waals surface area contributed by atoms with E-state index in [4.69, 9.17) is 14.2 Å². The Morgan fingerprint density at radius 1 is 1.22 bits per heavy atom. The number of carbonyl (C=O) groups excluding carboxylic acids is 4. The normalized spacial score (nSPS) is 17.1. The summed E-state index contributed by atoms with van der Waals surface area (Å²) in [4.78, 5) is 41.8. The van der Waals surface area contributed by atoms with Crippen molar-refractivity contribution in [2.75, 3.05) is 0 Å². The molecule has 0 aromatic rings. The molecule has 2 rings (SSSR count). The number of ketones is 1. The molecular weight excluding hydrogens is 356 g/mol. The molecule has 0 unspecified atom stereocenters. The average molecular weight is 384 g/mol. The van der Waals surface area contributed by atoms with Gasteiger partial charge in [-0.1, -0.05) is 6.58 Å². The van der Waals surface area contributed by atoms with Gasteiger partial charge in [-0.2, -0.15) is 0 Å². The van der Waals surface area contributed by atoms with Crippen LogP contribution in [0.1, 0.15) is 61.3 Å². The molecule has 0 N–H and O–H groups in total. The number of Topliss-reactive ketones (excluding diaryl/α,β-unsaturated/α-hetero) is 1. The smallest absolute Gasteiger partial charge is 0.337 e. The summed E-state index contributed by atoms with van der Waals surface area (Å²) in [5, 5.41) is 0. The summed E-state index contributed by atoms with van der Waals surface area (Å²) in [7, 11) is 0. The topological polar surface area (TPSA) is 105 Å². The summed E-state index contributed by atoms with van der Waals surface area (Å²) in [6.07, 6.45) is 1.61. The van der Waals surface area contributed by atoms with Crippen LogP contribution in [0.3, 0.4) is 0 Å². The van der Waals surface area contributed by atoms with Crippen LogP contribution in [0.2, 0.25) is 0 Å². The van der Waals surface area contributed by atoms with Crippen LogP contribution in [0.15, 0.2) is 24.2 Å². The fraction of sp³-hybridized carbons (Fsp3) is 0.579. The molecule has 1 fully saturated rings. The maximum atomic E-state index is 10.8. The molecule has 0 atom stereocenters. The van der Waals surface area contributed by atoms with Crippen LogP contribution < -0.4 is 0 Å². The molecule has 0 saturated carbocycles. The Morgan fingerprint density at radius 3 is 2.00 bits per heavy atom. The van der Waals surface area contributed by atoms with E-state index in [0.717, 1.165) is 0 Å². The highest BCUT2D eigenvalue weighted by atomic mass is 16.7. The second kappa shape index (κ2) is 9.89. The van der Waals surface area contributed by atoms with Gasteiger partial charge >= 0.3 is 17.9 Å². The van der Waals surface area contributed by atoms with Gasteiger partial charge in [0.1, 0.15) is 35.7 Å². The molecule has 2 aliphatic heterocycles. The highest BCUT2D eigenvalue weighted by molar-refractivity contribution is 5.94. The standard InChI is InChI=1S/C8H14O3.C7H10O3.C4H4O2/c1-6(9)5-7(10)11-8(2,3)4;1-5-4-6(8)10-7(2,3)9-5;1-3-2-4(5)6-3/h5H2,1-4H3;4H,1-3H3;1-2H2. The molecule has 0 aliphatic carbocycles. The molecule has 0 amide bonds. The van der Waals surface area contributed by atoms with E-state index in [1.165, 1.54) is 13.0 Å². The number of cyclic esters (lactones) is 2. The van der Waals surface area contributed by atoms with E-state index in [1.54, 1.807) is 41.5 Å². The molecule has 0 bridgehead atoms. The number of esters is 3. The monoisotopic (exact) mass is 384 g/mol. The molecule has 0 aromatic carbocycles. The fourth-order valence-electron chi connectivity index (χ4n) is 1.77. The van der Waals surface area contributed by atoms with E-state index in [1.807, 2.05) is 0 Å². The van der Waals surface area contributed by atoms with Crippen LogP contribution in [0.5, 0.6) is 0 Å². The Morgan fingerprint density at radius 2 is 1.74 bits per heavy atom. The molecule has 1 saturated heterocycles. The first-order chi connectivity index (χ1) is 12.1. The summed E-state index contributed by atoms with van der Waals surface area (Å²) in [6.45, 7) is 15.2. The third-order valence-corrected chi connectivity index (χ3v) is 2.49. The predicted octanol–water partition coefficient (Wildman–Crippen LogP) is 2.95. The lowest BCUT2D eigenvalue weighted by atomic mass is 10.2. The van der Waals surface area contributed by atoms with Gasteiger partial charge in [-0.3, -0.25) is 14.4 Å². The van der Waals surface area contributed by atoms with Crippen molar-refractivity contribution in [2.45, 2.75) is 72.7 Å². The van der Waals surface area contributed by atoms with Crippen LogP contribution in [-0.4, -0.2) is 35.1 Å². The van der Waals surface area contributed by atoms with Crippen LogP contribution in [0.25, 0.3) is 0 Å². The van der Waals surface area contributed by atoms with E-state index in [0.29, 0.717) is 17.9 Å². The minimum atomic E-state index is -0.796. The van der Waals surface area contributed by atoms with Crippen LogP contribution in [0, 0.1) is 0 Å². The van der Waals surface area contributed by atoms with Crippen molar-refractivity contribution in [3.8, 4) is 0 Å². The van der Waals surface area contributed by atoms with Crippen LogP contribution >= 0.6 is 0 Å². The molecule has 0 radical (unpaired) electrons. The lowest BCUT2D eigenvalue weighted by Crippen LogP contribution is -2.33. The van der Waals surface area contributed by atoms with Crippen molar-refractivity contribution in [1.29, 1.82) is 0 Å². The van der Waals surface area contributed by atoms with Crippen molar-refractivity contribution >= 4 is 23.7 Å². The number of rotatable bonds is 2. The molecule has 8 nitrogen and oxygen atoms in total. The summed E-state index contributed by atoms with van der Waals surface area (Å²) in [6, 6.07) is 0. The van der Waals surface area contributed by atoms with Crippen LogP contribution in [-0.2, 0) is 38.1 Å². The lowest BCUT2D eigenvalue weighted by molar-refractivity contribution is -0.204. The minimum Gasteiger partial charge on any atom is -0.460 e. The Hall–Kier alpha value is -2.64. The maximum Gasteiger partial charge on any atom is 0.337 e. The Labute approximate surface area is 159 Å². The van der Waals surface area contributed by atoms with Crippen LogP contribution in [0.4, 0.5) is 0 Å². The van der Waals surface area contributed by atoms with Gasteiger partial charge in [0.15, 0.2) is 0 Å². The first-order valence-electron chi connectivity index (χ1n) is 8.29. The zero-order valence-electron chi connectivity index (χ0n) is 17.0. The van der Waals surface area contributed by atoms with E-state index in [9.17, 15) is 19.2 Å². The van der Waals surface area contributed by atoms with Crippen molar-refractivity contribution in [3.63, 3.8) is 0 Å². The first-order valence-corrected chi connectivity index (χ1v) is 8.29. The second-order valence-corrected chi connectivity index (χ2v) is 7.33. The number of ether oxygens (including phenoxy) is 4. The molecule has 0 aromatic heterocycles. The maximum absolute atomic E-state index is 10.8. The summed E-state index contributed by atoms with van der Waals surface area (Å²) in [5.74, 6) is -0.741. The van der Waals surface area contributed by atoms with E-state index >= 15 is 0 Å². The Balaban J connectivity index is 0.000000390. The highest BCUT2D eigenvalue weighted by Crippen LogP contribution is 2.20. The highest BCUT2D eigenvalue weighted by Gasteiger charge is 2.28. The average Bonchev–Trinajstić information content (AvgIpc) is 2.31. The van der Waals surface area contributed by atoms with E-state index in [-0.39, 0.29) is 24.1 Å². The summed E-state index contributed by atoms with van der Waals surface area (Å²) >= 11 is 0. The van der Waals surface area contributed by atoms with Crippen molar-refractivity contribution in [1.82, 2.24) is 0 Å². The van der Waals surface area contributed by atoms with Gasteiger partial charge in [-0.05, 0) is 34.6 Å². The molecule has 2 aliphatic rings. The third-order valence-electron chi connectivity index (χ3n) is 2.49. The lowest BCUT2D eigenvalue weighted by Gasteiger charge is -2.29.